The molecule has 0 saturated heterocycles. The number of hydrogen-bond donors (Lipinski definition) is 1. The second-order valence-electron chi connectivity index (χ2n) is 6.16. The van der Waals surface area contributed by atoms with Crippen molar-refractivity contribution in [2.24, 2.45) is 14.1 Å². The predicted octanol–water partition coefficient (Wildman–Crippen LogP) is 3.49. The van der Waals surface area contributed by atoms with Crippen LogP contribution in [0, 0.1) is 0 Å². The third-order valence-corrected chi connectivity index (χ3v) is 5.14. The lowest BCUT2D eigenvalue weighted by Gasteiger charge is -2.09. The quantitative estimate of drug-likeness (QED) is 0.633. The molecule has 2 aromatic heterocycles. The molecule has 0 aliphatic heterocycles. The number of anilines is 1. The summed E-state index contributed by atoms with van der Waals surface area (Å²) in [6, 6.07) is 8.47. The number of hydrogen-bond acceptors (Lipinski definition) is 4. The smallest absolute Gasteiger partial charge is 0.354 e. The Labute approximate surface area is 163 Å². The van der Waals surface area contributed by atoms with Gasteiger partial charge in [0.2, 0.25) is 5.91 Å². The highest BCUT2D eigenvalue weighted by Crippen LogP contribution is 2.30. The Kier molecular flexibility index (Phi) is 5.78. The number of aromatic nitrogens is 4. The zero-order chi connectivity index (χ0) is 20.3. The molecule has 0 saturated carbocycles. The van der Waals surface area contributed by atoms with Crippen molar-refractivity contribution in [3.63, 3.8) is 0 Å². The van der Waals surface area contributed by atoms with E-state index in [1.54, 1.807) is 4.57 Å². The van der Waals surface area contributed by atoms with E-state index in [9.17, 15) is 18.0 Å². The summed E-state index contributed by atoms with van der Waals surface area (Å²) in [6.07, 6.45) is -1.91. The molecule has 0 spiro atoms. The van der Waals surface area contributed by atoms with E-state index in [-0.39, 0.29) is 11.4 Å². The van der Waals surface area contributed by atoms with Gasteiger partial charge in [0.25, 0.3) is 0 Å². The van der Waals surface area contributed by atoms with E-state index >= 15 is 0 Å². The van der Waals surface area contributed by atoms with E-state index in [2.05, 4.69) is 15.5 Å². The number of carbonyl (C=O) groups is 1. The first-order valence-corrected chi connectivity index (χ1v) is 9.31. The Morgan fingerprint density at radius 2 is 1.96 bits per heavy atom. The van der Waals surface area contributed by atoms with Crippen molar-refractivity contribution in [3.8, 4) is 0 Å². The Bertz CT molecular complexity index is 980. The van der Waals surface area contributed by atoms with Crippen LogP contribution in [0.5, 0.6) is 0 Å². The number of amides is 1. The van der Waals surface area contributed by atoms with Crippen molar-refractivity contribution < 1.29 is 18.0 Å². The molecular formula is C18H18F3N5OS. The van der Waals surface area contributed by atoms with Crippen molar-refractivity contribution in [2.75, 3.05) is 11.1 Å². The van der Waals surface area contributed by atoms with Crippen molar-refractivity contribution in [3.05, 3.63) is 59.7 Å². The summed E-state index contributed by atoms with van der Waals surface area (Å²) in [5, 5.41) is 11.3. The van der Waals surface area contributed by atoms with Gasteiger partial charge in [-0.2, -0.15) is 13.2 Å². The molecule has 0 aliphatic carbocycles. The van der Waals surface area contributed by atoms with Gasteiger partial charge in [0.1, 0.15) is 5.82 Å². The summed E-state index contributed by atoms with van der Waals surface area (Å²) in [5.41, 5.74) is 0.369. The van der Waals surface area contributed by atoms with Crippen molar-refractivity contribution >= 4 is 23.4 Å². The maximum Gasteiger partial charge on any atom is 0.416 e. The van der Waals surface area contributed by atoms with E-state index in [0.29, 0.717) is 11.6 Å². The lowest BCUT2D eigenvalue weighted by molar-refractivity contribution is -0.137. The van der Waals surface area contributed by atoms with Crippen LogP contribution in [-0.2, 0) is 31.5 Å². The van der Waals surface area contributed by atoms with Crippen LogP contribution in [0.4, 0.5) is 18.9 Å². The van der Waals surface area contributed by atoms with Gasteiger partial charge in [-0.3, -0.25) is 4.79 Å². The predicted molar refractivity (Wildman–Crippen MR) is 100 cm³/mol. The number of rotatable bonds is 6. The first-order valence-electron chi connectivity index (χ1n) is 8.32. The standard InChI is InChI=1S/C18H18F3N5OS/c1-25-8-4-7-14(25)10-15-23-24-17(26(15)2)28-11-16(27)22-13-6-3-5-12(9-13)18(19,20)21/h3-9H,10-11H2,1-2H3,(H,22,27). The van der Waals surface area contributed by atoms with Gasteiger partial charge in [-0.15, -0.1) is 10.2 Å². The number of thioether (sulfide) groups is 1. The van der Waals surface area contributed by atoms with Gasteiger partial charge < -0.3 is 14.5 Å². The summed E-state index contributed by atoms with van der Waals surface area (Å²) in [7, 11) is 3.75. The maximum absolute atomic E-state index is 12.7. The average Bonchev–Trinajstić information content (AvgIpc) is 3.19. The topological polar surface area (TPSA) is 64.7 Å². The van der Waals surface area contributed by atoms with Gasteiger partial charge in [-0.25, -0.2) is 0 Å². The average molecular weight is 409 g/mol. The first kappa shape index (κ1) is 20.0. The highest BCUT2D eigenvalue weighted by atomic mass is 32.2. The third-order valence-electron chi connectivity index (χ3n) is 4.12. The van der Waals surface area contributed by atoms with E-state index < -0.39 is 17.6 Å². The van der Waals surface area contributed by atoms with E-state index in [4.69, 9.17) is 0 Å². The molecule has 10 heteroatoms. The minimum Gasteiger partial charge on any atom is -0.354 e. The van der Waals surface area contributed by atoms with E-state index in [0.717, 1.165) is 23.7 Å². The van der Waals surface area contributed by atoms with Crippen LogP contribution in [0.25, 0.3) is 0 Å². The second kappa shape index (κ2) is 8.09. The molecular weight excluding hydrogens is 391 g/mol. The van der Waals surface area contributed by atoms with Gasteiger partial charge in [-0.05, 0) is 30.3 Å². The number of carbonyl (C=O) groups excluding carboxylic acids is 1. The third kappa shape index (κ3) is 4.75. The largest absolute Gasteiger partial charge is 0.416 e. The minimum atomic E-state index is -4.46. The summed E-state index contributed by atoms with van der Waals surface area (Å²) in [6.45, 7) is 0. The summed E-state index contributed by atoms with van der Waals surface area (Å²) < 4.78 is 42.0. The highest BCUT2D eigenvalue weighted by Gasteiger charge is 2.30. The van der Waals surface area contributed by atoms with E-state index in [1.807, 2.05) is 37.0 Å². The number of nitrogens with one attached hydrogen (secondary N) is 1. The summed E-state index contributed by atoms with van der Waals surface area (Å²) >= 11 is 1.17. The molecule has 0 atom stereocenters. The molecule has 1 aromatic carbocycles. The fraction of sp³-hybridized carbons (Fsp3) is 0.278. The summed E-state index contributed by atoms with van der Waals surface area (Å²) in [4.78, 5) is 12.1. The lowest BCUT2D eigenvalue weighted by Crippen LogP contribution is -2.15. The van der Waals surface area contributed by atoms with Gasteiger partial charge in [0.05, 0.1) is 11.3 Å². The monoisotopic (exact) mass is 409 g/mol. The normalized spacial score (nSPS) is 11.6. The molecule has 0 bridgehead atoms. The van der Waals surface area contributed by atoms with Crippen LogP contribution in [0.1, 0.15) is 17.1 Å². The Morgan fingerprint density at radius 1 is 1.18 bits per heavy atom. The van der Waals surface area contributed by atoms with Crippen LogP contribution in [0.15, 0.2) is 47.8 Å². The molecule has 28 heavy (non-hydrogen) atoms. The molecule has 2 heterocycles. The first-order chi connectivity index (χ1) is 13.2. The molecule has 3 rings (SSSR count). The van der Waals surface area contributed by atoms with Crippen LogP contribution >= 0.6 is 11.8 Å². The Balaban J connectivity index is 1.59. The molecule has 3 aromatic rings. The van der Waals surface area contributed by atoms with Gasteiger partial charge in [0, 0.05) is 38.1 Å². The fourth-order valence-electron chi connectivity index (χ4n) is 2.57. The van der Waals surface area contributed by atoms with Crippen LogP contribution in [0.3, 0.4) is 0 Å². The highest BCUT2D eigenvalue weighted by molar-refractivity contribution is 7.99. The number of alkyl halides is 3. The Morgan fingerprint density at radius 3 is 2.64 bits per heavy atom. The van der Waals surface area contributed by atoms with Crippen molar-refractivity contribution in [1.29, 1.82) is 0 Å². The molecule has 1 amide bonds. The number of halogens is 3. The number of aryl methyl sites for hydroxylation is 1. The van der Waals surface area contributed by atoms with Crippen LogP contribution < -0.4 is 5.32 Å². The van der Waals surface area contributed by atoms with Gasteiger partial charge in [0.15, 0.2) is 5.16 Å². The second-order valence-corrected chi connectivity index (χ2v) is 7.10. The molecule has 0 fully saturated rings. The van der Waals surface area contributed by atoms with Crippen molar-refractivity contribution in [2.45, 2.75) is 17.8 Å². The van der Waals surface area contributed by atoms with Gasteiger partial charge in [-0.1, -0.05) is 17.8 Å². The lowest BCUT2D eigenvalue weighted by atomic mass is 10.2. The Hall–Kier alpha value is -2.75. The summed E-state index contributed by atoms with van der Waals surface area (Å²) in [5.74, 6) is 0.339. The SMILES string of the molecule is Cn1cccc1Cc1nnc(SCC(=O)Nc2cccc(C(F)(F)F)c2)n1C. The van der Waals surface area contributed by atoms with Crippen LogP contribution in [-0.4, -0.2) is 31.0 Å². The maximum atomic E-state index is 12.7. The molecule has 148 valence electrons. The zero-order valence-electron chi connectivity index (χ0n) is 15.2. The van der Waals surface area contributed by atoms with Crippen LogP contribution in [0.2, 0.25) is 0 Å². The van der Waals surface area contributed by atoms with Crippen molar-refractivity contribution in [1.82, 2.24) is 19.3 Å². The minimum absolute atomic E-state index is 0.00632. The molecule has 1 N–H and O–H groups in total. The molecule has 0 unspecified atom stereocenters. The number of nitrogens with zero attached hydrogens (tertiary/aromatic N) is 4. The van der Waals surface area contributed by atoms with E-state index in [1.165, 1.54) is 23.9 Å². The molecule has 0 aliphatic rings. The zero-order valence-corrected chi connectivity index (χ0v) is 16.0. The number of benzene rings is 1. The molecule has 0 radical (unpaired) electrons. The molecule has 6 nitrogen and oxygen atoms in total. The van der Waals surface area contributed by atoms with Gasteiger partial charge >= 0.3 is 6.18 Å². The fourth-order valence-corrected chi connectivity index (χ4v) is 3.30.